The van der Waals surface area contributed by atoms with E-state index in [-0.39, 0.29) is 17.5 Å². The van der Waals surface area contributed by atoms with Crippen LogP contribution in [0.3, 0.4) is 0 Å². The maximum Gasteiger partial charge on any atom is 0.106 e. The summed E-state index contributed by atoms with van der Waals surface area (Å²) in [5.74, 6) is 0. The fourth-order valence-electron chi connectivity index (χ4n) is 0.450. The van der Waals surface area contributed by atoms with Crippen LogP contribution in [0.25, 0.3) is 0 Å². The average Bonchev–Trinajstić information content (AvgIpc) is 2.14. The Kier molecular flexibility index (Phi) is 1.65. The van der Waals surface area contributed by atoms with Crippen LogP contribution in [0.15, 0.2) is 10.2 Å². The van der Waals surface area contributed by atoms with E-state index in [9.17, 15) is 0 Å². The smallest absolute Gasteiger partial charge is 0.106 e. The maximum atomic E-state index is 8.54. The Bertz CT molecular complexity index is 143. The van der Waals surface area contributed by atoms with E-state index in [1.807, 2.05) is 6.26 Å². The number of aliphatic hydroxyl groups is 1. The largest absolute Gasteiger partial charge is 0.389 e. The van der Waals surface area contributed by atoms with E-state index in [1.165, 1.54) is 0 Å². The van der Waals surface area contributed by atoms with Crippen LogP contribution in [0.4, 0.5) is 0 Å². The van der Waals surface area contributed by atoms with Crippen molar-refractivity contribution in [3.8, 4) is 0 Å². The number of thiol groups is 1. The van der Waals surface area contributed by atoms with Gasteiger partial charge in [0.2, 0.25) is 0 Å². The van der Waals surface area contributed by atoms with E-state index in [2.05, 4.69) is 10.2 Å². The Morgan fingerprint density at radius 1 is 1.88 bits per heavy atom. The molecule has 1 unspecified atom stereocenters. The van der Waals surface area contributed by atoms with E-state index in [0.29, 0.717) is 0 Å². The highest BCUT2D eigenvalue weighted by Gasteiger charge is 2.06. The van der Waals surface area contributed by atoms with Crippen LogP contribution in [-0.2, 0) is 0 Å². The molecule has 46 valence electrons. The van der Waals surface area contributed by atoms with Gasteiger partial charge >= 0.3 is 0 Å². The first-order valence-electron chi connectivity index (χ1n) is 2.28. The molecule has 0 aromatic heterocycles. The first-order valence-corrected chi connectivity index (χ1v) is 4.14. The molecule has 0 aliphatic carbocycles. The van der Waals surface area contributed by atoms with Gasteiger partial charge in [0.25, 0.3) is 0 Å². The Hall–Kier alpha value is -0.350. The molecule has 0 saturated carbocycles. The summed E-state index contributed by atoms with van der Waals surface area (Å²) in [6.45, 7) is 0.0577. The predicted molar refractivity (Wildman–Crippen MR) is 37.9 cm³/mol. The van der Waals surface area contributed by atoms with E-state index in [0.717, 1.165) is 5.04 Å². The first kappa shape index (κ1) is 5.78. The SMILES string of the molecule is C[SH]1C=NN=C1CO. The van der Waals surface area contributed by atoms with E-state index >= 15 is 0 Å². The third-order valence-electron chi connectivity index (χ3n) is 0.947. The second kappa shape index (κ2) is 2.28. The van der Waals surface area contributed by atoms with Crippen molar-refractivity contribution < 1.29 is 5.11 Å². The zero-order valence-electron chi connectivity index (χ0n) is 4.57. The summed E-state index contributed by atoms with van der Waals surface area (Å²) in [6.07, 6.45) is 2.01. The third kappa shape index (κ3) is 0.900. The van der Waals surface area contributed by atoms with E-state index < -0.39 is 0 Å². The van der Waals surface area contributed by atoms with Gasteiger partial charge in [-0.1, -0.05) is 0 Å². The third-order valence-corrected chi connectivity index (χ3v) is 2.44. The number of nitrogens with zero attached hydrogens (tertiary/aromatic N) is 2. The molecule has 0 spiro atoms. The molecular weight excluding hydrogens is 124 g/mol. The quantitative estimate of drug-likeness (QED) is 0.483. The van der Waals surface area contributed by atoms with Crippen LogP contribution in [0, 0.1) is 0 Å². The fourth-order valence-corrected chi connectivity index (χ4v) is 1.21. The second-order valence-corrected chi connectivity index (χ2v) is 3.49. The lowest BCUT2D eigenvalue weighted by atomic mass is 10.8. The standard InChI is InChI=1S/C4H8N2OS/c1-8-3-5-6-4(8)2-7/h3,7-8H,2H2,1H3. The number of rotatable bonds is 1. The molecule has 0 fully saturated rings. The zero-order chi connectivity index (χ0) is 5.98. The molecule has 1 rings (SSSR count). The van der Waals surface area contributed by atoms with Crippen LogP contribution < -0.4 is 0 Å². The zero-order valence-corrected chi connectivity index (χ0v) is 5.47. The lowest BCUT2D eigenvalue weighted by Gasteiger charge is -2.01. The fraction of sp³-hybridized carbons (Fsp3) is 0.500. The molecule has 0 amide bonds. The highest BCUT2D eigenvalue weighted by molar-refractivity contribution is 8.40. The van der Waals surface area contributed by atoms with E-state index in [1.54, 1.807) is 5.55 Å². The van der Waals surface area contributed by atoms with Gasteiger partial charge in [-0.05, 0) is 6.26 Å². The minimum absolute atomic E-state index is 0.0577. The average molecular weight is 132 g/mol. The molecule has 0 saturated heterocycles. The van der Waals surface area contributed by atoms with Crippen molar-refractivity contribution in [1.29, 1.82) is 0 Å². The van der Waals surface area contributed by atoms with Gasteiger partial charge in [0.05, 0.1) is 12.2 Å². The molecule has 0 bridgehead atoms. The number of aliphatic hydroxyl groups excluding tert-OH is 1. The molecule has 1 aliphatic heterocycles. The minimum atomic E-state index is -0.320. The van der Waals surface area contributed by atoms with Gasteiger partial charge in [-0.2, -0.15) is 16.0 Å². The van der Waals surface area contributed by atoms with Gasteiger partial charge in [-0.25, -0.2) is 0 Å². The van der Waals surface area contributed by atoms with Crippen LogP contribution >= 0.6 is 10.9 Å². The molecular formula is C4H8N2OS. The first-order chi connectivity index (χ1) is 3.84. The molecule has 1 heterocycles. The van der Waals surface area contributed by atoms with Crippen LogP contribution in [-0.4, -0.2) is 28.6 Å². The lowest BCUT2D eigenvalue weighted by molar-refractivity contribution is 0.360. The van der Waals surface area contributed by atoms with Gasteiger partial charge in [0.15, 0.2) is 0 Å². The van der Waals surface area contributed by atoms with E-state index in [4.69, 9.17) is 5.11 Å². The summed E-state index contributed by atoms with van der Waals surface area (Å²) < 4.78 is 0. The molecule has 1 atom stereocenters. The number of hydrogen-bond donors (Lipinski definition) is 2. The van der Waals surface area contributed by atoms with Gasteiger partial charge in [-0.3, -0.25) is 0 Å². The van der Waals surface area contributed by atoms with Crippen molar-refractivity contribution in [2.75, 3.05) is 12.9 Å². The van der Waals surface area contributed by atoms with Gasteiger partial charge in [-0.15, -0.1) is 5.10 Å². The highest BCUT2D eigenvalue weighted by atomic mass is 32.2. The van der Waals surface area contributed by atoms with Crippen LogP contribution in [0.1, 0.15) is 0 Å². The van der Waals surface area contributed by atoms with Gasteiger partial charge in [0, 0.05) is 0 Å². The second-order valence-electron chi connectivity index (χ2n) is 1.52. The summed E-state index contributed by atoms with van der Waals surface area (Å²) in [7, 11) is -0.320. The van der Waals surface area contributed by atoms with Crippen molar-refractivity contribution >= 4 is 21.5 Å². The molecule has 0 aromatic carbocycles. The predicted octanol–water partition coefficient (Wildman–Crippen LogP) is -0.0349. The highest BCUT2D eigenvalue weighted by Crippen LogP contribution is 2.22. The summed E-state index contributed by atoms with van der Waals surface area (Å²) in [5, 5.41) is 16.7. The maximum absolute atomic E-state index is 8.54. The summed E-state index contributed by atoms with van der Waals surface area (Å²) in [6, 6.07) is 0. The van der Waals surface area contributed by atoms with Crippen LogP contribution in [0.5, 0.6) is 0 Å². The minimum Gasteiger partial charge on any atom is -0.389 e. The van der Waals surface area contributed by atoms with Gasteiger partial charge in [0.1, 0.15) is 5.04 Å². The molecule has 3 nitrogen and oxygen atoms in total. The Morgan fingerprint density at radius 3 is 2.88 bits per heavy atom. The topological polar surface area (TPSA) is 45.0 Å². The normalized spacial score (nSPS) is 30.8. The Labute approximate surface area is 50.5 Å². The van der Waals surface area contributed by atoms with Crippen molar-refractivity contribution in [3.05, 3.63) is 0 Å². The monoisotopic (exact) mass is 132 g/mol. The molecule has 0 radical (unpaired) electrons. The van der Waals surface area contributed by atoms with Crippen molar-refractivity contribution in [3.63, 3.8) is 0 Å². The summed E-state index contributed by atoms with van der Waals surface area (Å²) >= 11 is 0. The molecule has 4 heteroatoms. The van der Waals surface area contributed by atoms with Crippen LogP contribution in [0.2, 0.25) is 0 Å². The molecule has 1 N–H and O–H groups in total. The summed E-state index contributed by atoms with van der Waals surface area (Å²) in [4.78, 5) is 0. The Morgan fingerprint density at radius 2 is 2.62 bits per heavy atom. The van der Waals surface area contributed by atoms with Crippen molar-refractivity contribution in [1.82, 2.24) is 0 Å². The van der Waals surface area contributed by atoms with Crippen molar-refractivity contribution in [2.24, 2.45) is 10.2 Å². The van der Waals surface area contributed by atoms with Crippen molar-refractivity contribution in [2.45, 2.75) is 0 Å². The Balaban J connectivity index is 2.59. The summed E-state index contributed by atoms with van der Waals surface area (Å²) in [5.41, 5.74) is 1.78. The lowest BCUT2D eigenvalue weighted by Crippen LogP contribution is -2.00. The molecule has 1 aliphatic rings. The molecule has 0 aromatic rings. The molecule has 8 heavy (non-hydrogen) atoms. The van der Waals surface area contributed by atoms with Gasteiger partial charge < -0.3 is 5.11 Å². The number of hydrogen-bond acceptors (Lipinski definition) is 3.